The number of halogens is 1. The lowest BCUT2D eigenvalue weighted by Crippen LogP contribution is -2.33. The van der Waals surface area contributed by atoms with E-state index in [1.807, 2.05) is 0 Å². The molecule has 0 atom stereocenters. The van der Waals surface area contributed by atoms with Crippen molar-refractivity contribution in [3.8, 4) is 0 Å². The van der Waals surface area contributed by atoms with E-state index in [1.165, 1.54) is 12.1 Å². The van der Waals surface area contributed by atoms with Gasteiger partial charge in [-0.3, -0.25) is 0 Å². The van der Waals surface area contributed by atoms with E-state index in [1.54, 1.807) is 0 Å². The van der Waals surface area contributed by atoms with Crippen LogP contribution in [0, 0.1) is 0 Å². The van der Waals surface area contributed by atoms with E-state index < -0.39 is 16.0 Å². The van der Waals surface area contributed by atoms with E-state index in [2.05, 4.69) is 4.72 Å². The van der Waals surface area contributed by atoms with Crippen LogP contribution in [0.1, 0.15) is 36.0 Å². The summed E-state index contributed by atoms with van der Waals surface area (Å²) in [4.78, 5) is 10.7. The normalized spacial score (nSPS) is 16.7. The highest BCUT2D eigenvalue weighted by atomic mass is 35.5. The van der Waals surface area contributed by atoms with Crippen LogP contribution < -0.4 is 9.83 Å². The number of carboxylic acid groups (broad SMARTS) is 1. The molecule has 0 heterocycles. The first kappa shape index (κ1) is 14.3. The molecule has 0 aromatic heterocycles. The van der Waals surface area contributed by atoms with Crippen molar-refractivity contribution in [3.05, 3.63) is 28.8 Å². The molecule has 0 amide bonds. The molecule has 0 spiro atoms. The first-order valence-corrected chi connectivity index (χ1v) is 7.79. The van der Waals surface area contributed by atoms with Gasteiger partial charge in [0, 0.05) is 16.6 Å². The van der Waals surface area contributed by atoms with Crippen molar-refractivity contribution in [2.24, 2.45) is 0 Å². The van der Waals surface area contributed by atoms with Gasteiger partial charge in [-0.2, -0.15) is 0 Å². The van der Waals surface area contributed by atoms with Gasteiger partial charge in [0.25, 0.3) is 0 Å². The molecule has 1 N–H and O–H groups in total. The van der Waals surface area contributed by atoms with E-state index in [9.17, 15) is 18.3 Å². The van der Waals surface area contributed by atoms with Crippen LogP contribution in [-0.4, -0.2) is 20.4 Å². The molecule has 0 bridgehead atoms. The maximum atomic E-state index is 12.1. The van der Waals surface area contributed by atoms with E-state index in [-0.39, 0.29) is 21.5 Å². The highest BCUT2D eigenvalue weighted by molar-refractivity contribution is 7.89. The lowest BCUT2D eigenvalue weighted by molar-refractivity contribution is -0.255. The first-order chi connectivity index (χ1) is 8.90. The second-order valence-corrected chi connectivity index (χ2v) is 6.65. The third-order valence-electron chi connectivity index (χ3n) is 3.15. The monoisotopic (exact) mass is 302 g/mol. The van der Waals surface area contributed by atoms with Crippen molar-refractivity contribution in [1.82, 2.24) is 4.72 Å². The van der Waals surface area contributed by atoms with Crippen molar-refractivity contribution in [3.63, 3.8) is 0 Å². The number of nitrogens with one attached hydrogen (secondary N) is 1. The molecule has 1 aliphatic rings. The Labute approximate surface area is 116 Å². The van der Waals surface area contributed by atoms with Gasteiger partial charge in [-0.1, -0.05) is 24.4 Å². The predicted octanol–water partition coefficient (Wildman–Crippen LogP) is 0.924. The highest BCUT2D eigenvalue weighted by Crippen LogP contribution is 2.23. The van der Waals surface area contributed by atoms with Gasteiger partial charge in [0.2, 0.25) is 10.0 Å². The fourth-order valence-electron chi connectivity index (χ4n) is 2.16. The van der Waals surface area contributed by atoms with Crippen LogP contribution in [0.15, 0.2) is 23.1 Å². The summed E-state index contributed by atoms with van der Waals surface area (Å²) in [6, 6.07) is 3.48. The minimum atomic E-state index is -3.72. The van der Waals surface area contributed by atoms with Gasteiger partial charge in [0.05, 0.1) is 10.9 Å². The summed E-state index contributed by atoms with van der Waals surface area (Å²) < 4.78 is 26.8. The molecule has 0 saturated heterocycles. The van der Waals surface area contributed by atoms with Gasteiger partial charge in [0.1, 0.15) is 0 Å². The summed E-state index contributed by atoms with van der Waals surface area (Å²) in [5, 5.41) is 10.8. The van der Waals surface area contributed by atoms with Crippen LogP contribution >= 0.6 is 11.6 Å². The minimum absolute atomic E-state index is 0.0418. The lowest BCUT2D eigenvalue weighted by atomic mass is 10.2. The van der Waals surface area contributed by atoms with Gasteiger partial charge in [-0.05, 0) is 31.0 Å². The summed E-state index contributed by atoms with van der Waals surface area (Å²) in [5.74, 6) is -1.50. The maximum absolute atomic E-state index is 12.1. The molecule has 2 rings (SSSR count). The van der Waals surface area contributed by atoms with Crippen molar-refractivity contribution in [1.29, 1.82) is 0 Å². The predicted molar refractivity (Wildman–Crippen MR) is 68.4 cm³/mol. The molecule has 0 unspecified atom stereocenters. The highest BCUT2D eigenvalue weighted by Gasteiger charge is 2.23. The Morgan fingerprint density at radius 1 is 1.32 bits per heavy atom. The zero-order chi connectivity index (χ0) is 14.0. The number of rotatable bonds is 4. The van der Waals surface area contributed by atoms with Crippen molar-refractivity contribution < 1.29 is 18.3 Å². The molecular formula is C12H13ClNO4S-. The summed E-state index contributed by atoms with van der Waals surface area (Å²) >= 11 is 5.68. The van der Waals surface area contributed by atoms with Gasteiger partial charge < -0.3 is 9.90 Å². The maximum Gasteiger partial charge on any atom is 0.240 e. The third-order valence-corrected chi connectivity index (χ3v) is 4.99. The number of sulfonamides is 1. The molecule has 1 saturated carbocycles. The lowest BCUT2D eigenvalue weighted by Gasteiger charge is -2.14. The van der Waals surface area contributed by atoms with Crippen LogP contribution in [0.25, 0.3) is 0 Å². The molecule has 7 heteroatoms. The van der Waals surface area contributed by atoms with Crippen molar-refractivity contribution in [2.45, 2.75) is 36.6 Å². The quantitative estimate of drug-likeness (QED) is 0.896. The van der Waals surface area contributed by atoms with E-state index in [4.69, 9.17) is 11.6 Å². The molecular weight excluding hydrogens is 290 g/mol. The molecule has 104 valence electrons. The fourth-order valence-corrected chi connectivity index (χ4v) is 3.68. The Bertz CT molecular complexity index is 594. The number of carboxylic acids is 1. The number of hydrogen-bond acceptors (Lipinski definition) is 4. The zero-order valence-electron chi connectivity index (χ0n) is 10.1. The Hall–Kier alpha value is -1.11. The summed E-state index contributed by atoms with van der Waals surface area (Å²) in [7, 11) is -3.72. The number of carbonyl (C=O) groups excluding carboxylic acids is 1. The standard InChI is InChI=1S/C12H14ClNO4S/c13-11-6-5-9(7-10(11)12(15)16)19(17,18)14-8-3-1-2-4-8/h5-8,14H,1-4H2,(H,15,16)/p-1. The van der Waals surface area contributed by atoms with Crippen LogP contribution in [0.2, 0.25) is 5.02 Å². The molecule has 1 fully saturated rings. The van der Waals surface area contributed by atoms with Gasteiger partial charge in [-0.25, -0.2) is 13.1 Å². The molecule has 5 nitrogen and oxygen atoms in total. The van der Waals surface area contributed by atoms with Crippen LogP contribution in [-0.2, 0) is 10.0 Å². The van der Waals surface area contributed by atoms with Gasteiger partial charge in [-0.15, -0.1) is 0 Å². The molecule has 0 aliphatic heterocycles. The number of carbonyl (C=O) groups is 1. The molecule has 1 aromatic rings. The smallest absolute Gasteiger partial charge is 0.240 e. The Morgan fingerprint density at radius 3 is 2.53 bits per heavy atom. The van der Waals surface area contributed by atoms with Crippen LogP contribution in [0.4, 0.5) is 0 Å². The minimum Gasteiger partial charge on any atom is -0.545 e. The molecule has 1 aliphatic carbocycles. The van der Waals surface area contributed by atoms with E-state index in [0.29, 0.717) is 0 Å². The largest absolute Gasteiger partial charge is 0.545 e. The summed E-state index contributed by atoms with van der Waals surface area (Å²) in [6.07, 6.45) is 3.61. The number of benzene rings is 1. The number of hydrogen-bond donors (Lipinski definition) is 1. The Balaban J connectivity index is 2.29. The average molecular weight is 303 g/mol. The van der Waals surface area contributed by atoms with Gasteiger partial charge >= 0.3 is 0 Å². The van der Waals surface area contributed by atoms with Crippen molar-refractivity contribution >= 4 is 27.6 Å². The second-order valence-electron chi connectivity index (χ2n) is 4.53. The van der Waals surface area contributed by atoms with Gasteiger partial charge in [0.15, 0.2) is 0 Å². The Morgan fingerprint density at radius 2 is 1.95 bits per heavy atom. The average Bonchev–Trinajstić information content (AvgIpc) is 2.80. The molecule has 19 heavy (non-hydrogen) atoms. The van der Waals surface area contributed by atoms with Crippen LogP contribution in [0.3, 0.4) is 0 Å². The third kappa shape index (κ3) is 3.26. The zero-order valence-corrected chi connectivity index (χ0v) is 11.6. The Kier molecular flexibility index (Phi) is 4.13. The first-order valence-electron chi connectivity index (χ1n) is 5.93. The topological polar surface area (TPSA) is 86.3 Å². The van der Waals surface area contributed by atoms with Crippen LogP contribution in [0.5, 0.6) is 0 Å². The molecule has 1 aromatic carbocycles. The number of aromatic carboxylic acids is 1. The second kappa shape index (κ2) is 5.48. The van der Waals surface area contributed by atoms with E-state index >= 15 is 0 Å². The fraction of sp³-hybridized carbons (Fsp3) is 0.417. The summed E-state index contributed by atoms with van der Waals surface area (Å²) in [5.41, 5.74) is -0.323. The molecule has 0 radical (unpaired) electrons. The van der Waals surface area contributed by atoms with E-state index in [0.717, 1.165) is 31.7 Å². The van der Waals surface area contributed by atoms with Crippen molar-refractivity contribution in [2.75, 3.05) is 0 Å². The summed E-state index contributed by atoms with van der Waals surface area (Å²) in [6.45, 7) is 0. The SMILES string of the molecule is O=C([O-])c1cc(S(=O)(=O)NC2CCCC2)ccc1Cl.